The van der Waals surface area contributed by atoms with Gasteiger partial charge in [0, 0.05) is 0 Å². The second kappa shape index (κ2) is 9.37. The van der Waals surface area contributed by atoms with Gasteiger partial charge in [-0.15, -0.1) is 0 Å². The molecule has 0 spiro atoms. The van der Waals surface area contributed by atoms with Crippen LogP contribution in [0.5, 0.6) is 0 Å². The molecule has 0 saturated carbocycles. The number of allylic oxidation sites excluding steroid dienone is 1. The molecule has 1 aromatic carbocycles. The maximum atomic E-state index is 6.11. The number of pyridine rings is 2. The third-order valence-corrected chi connectivity index (χ3v) is 8.87. The summed E-state index contributed by atoms with van der Waals surface area (Å²) in [7, 11) is 0. The van der Waals surface area contributed by atoms with Gasteiger partial charge >= 0.3 is 180 Å². The molecular weight excluding hydrogens is 576 g/mol. The van der Waals surface area contributed by atoms with Crippen molar-refractivity contribution in [3.8, 4) is 0 Å². The number of nitrogens with zero attached hydrogens (tertiary/aromatic N) is 3. The van der Waals surface area contributed by atoms with Crippen LogP contribution in [0.15, 0.2) is 90.1 Å². The topological polar surface area (TPSA) is 76.2 Å². The quantitative estimate of drug-likeness (QED) is 0.321. The number of benzene rings is 1. The summed E-state index contributed by atoms with van der Waals surface area (Å²) in [5.41, 5.74) is 9.34. The molecule has 0 aliphatic carbocycles. The van der Waals surface area contributed by atoms with Crippen molar-refractivity contribution in [3.05, 3.63) is 97.8 Å². The molecule has 28 heavy (non-hydrogen) atoms. The van der Waals surface area contributed by atoms with Crippen molar-refractivity contribution in [1.82, 2.24) is 9.97 Å². The molecule has 1 aliphatic rings. The summed E-state index contributed by atoms with van der Waals surface area (Å²) >= 11 is -0.572. The summed E-state index contributed by atoms with van der Waals surface area (Å²) in [4.78, 5) is 12.7. The zero-order valence-corrected chi connectivity index (χ0v) is 19.2. The van der Waals surface area contributed by atoms with E-state index in [2.05, 4.69) is 62.8 Å². The predicted octanol–water partition coefficient (Wildman–Crippen LogP) is 0.421. The Balaban J connectivity index is 1.40. The number of hydrogen-bond donors (Lipinski definition) is 2. The van der Waals surface area contributed by atoms with E-state index in [1.54, 1.807) is 0 Å². The van der Waals surface area contributed by atoms with Crippen LogP contribution in [0.25, 0.3) is 0 Å². The van der Waals surface area contributed by atoms with Crippen LogP contribution in [0.4, 0.5) is 5.69 Å². The molecule has 2 aromatic heterocycles. The van der Waals surface area contributed by atoms with Gasteiger partial charge in [0.05, 0.1) is 0 Å². The van der Waals surface area contributed by atoms with E-state index in [1.807, 2.05) is 36.9 Å². The Morgan fingerprint density at radius 2 is 1.50 bits per heavy atom. The molecule has 0 radical (unpaired) electrons. The van der Waals surface area contributed by atoms with Crippen molar-refractivity contribution >= 4 is 33.8 Å². The second-order valence-corrected chi connectivity index (χ2v) is 11.7. The normalized spacial score (nSPS) is 13.8. The molecule has 3 heterocycles. The number of aromatic nitrogens is 2. The third kappa shape index (κ3) is 5.22. The number of nitrogens with one attached hydrogen (secondary N) is 1. The minimum absolute atomic E-state index is 0.168. The van der Waals surface area contributed by atoms with E-state index in [-0.39, 0.29) is 21.2 Å². The van der Waals surface area contributed by atoms with Gasteiger partial charge in [-0.1, -0.05) is 0 Å². The summed E-state index contributed by atoms with van der Waals surface area (Å²) in [6.07, 6.45) is 9.50. The van der Waals surface area contributed by atoms with Crippen molar-refractivity contribution in [3.63, 3.8) is 0 Å². The van der Waals surface area contributed by atoms with Gasteiger partial charge in [0.2, 0.25) is 0 Å². The zero-order valence-electron chi connectivity index (χ0n) is 14.9. The van der Waals surface area contributed by atoms with Gasteiger partial charge < -0.3 is 0 Å². The van der Waals surface area contributed by atoms with E-state index in [1.165, 1.54) is 16.2 Å². The van der Waals surface area contributed by atoms with E-state index in [4.69, 9.17) is 5.73 Å². The summed E-state index contributed by atoms with van der Waals surface area (Å²) in [5, 5.41) is 3.46. The van der Waals surface area contributed by atoms with Crippen LogP contribution in [-0.2, 0) is 0 Å². The van der Waals surface area contributed by atoms with Crippen LogP contribution in [0, 0.1) is 7.14 Å². The number of hydrogen-bond acceptors (Lipinski definition) is 5. The molecule has 0 atom stereocenters. The second-order valence-electron chi connectivity index (χ2n) is 5.87. The fourth-order valence-corrected chi connectivity index (χ4v) is 6.89. The molecule has 0 unspecified atom stereocenters. The van der Waals surface area contributed by atoms with Crippen molar-refractivity contribution in [2.45, 2.75) is 0 Å². The summed E-state index contributed by atoms with van der Waals surface area (Å²) < 4.78 is 4.78. The molecule has 0 saturated heterocycles. The van der Waals surface area contributed by atoms with Gasteiger partial charge in [-0.3, -0.25) is 4.98 Å². The first-order valence-electron chi connectivity index (χ1n) is 8.62. The standard InChI is InChI=1S/C21H18I2N5/c24-21-23-20(15-5-9-25-10-6-15)13-19(28-21)14-27-18-3-1-16(2-4-18)22-17-7-11-26-12-8-17/h1-13,27H,14H2,(H2,24,28)/q-1. The Bertz CT molecular complexity index is 1030. The first kappa shape index (κ1) is 19.2. The Labute approximate surface area is 184 Å². The maximum absolute atomic E-state index is 6.11. The zero-order chi connectivity index (χ0) is 19.2. The molecule has 3 N–H and O–H groups in total. The molecule has 0 amide bonds. The van der Waals surface area contributed by atoms with Gasteiger partial charge in [-0.05, 0) is 0 Å². The van der Waals surface area contributed by atoms with E-state index >= 15 is 0 Å². The Hall–Kier alpha value is -2.14. The van der Waals surface area contributed by atoms with Crippen LogP contribution in [-0.4, -0.2) is 23.9 Å². The number of amidine groups is 1. The average molecular weight is 594 g/mol. The molecular formula is C21H18I2N5-. The number of halogens is 2. The number of aliphatic imine (C=N–C) groups is 1. The van der Waals surface area contributed by atoms with E-state index in [0.29, 0.717) is 6.54 Å². The van der Waals surface area contributed by atoms with Gasteiger partial charge in [0.25, 0.3) is 0 Å². The minimum atomic E-state index is -0.404. The van der Waals surface area contributed by atoms with Crippen molar-refractivity contribution in [2.75, 3.05) is 11.9 Å². The first-order valence-corrected chi connectivity index (χ1v) is 12.9. The van der Waals surface area contributed by atoms with Gasteiger partial charge in [-0.25, -0.2) is 0 Å². The van der Waals surface area contributed by atoms with Crippen molar-refractivity contribution in [1.29, 1.82) is 0 Å². The van der Waals surface area contributed by atoms with Crippen molar-refractivity contribution in [2.24, 2.45) is 10.7 Å². The summed E-state index contributed by atoms with van der Waals surface area (Å²) in [6.45, 7) is 0.651. The predicted molar refractivity (Wildman–Crippen MR) is 119 cm³/mol. The van der Waals surface area contributed by atoms with Crippen LogP contribution in [0.2, 0.25) is 0 Å². The molecule has 4 rings (SSSR count). The Morgan fingerprint density at radius 1 is 0.857 bits per heavy atom. The molecule has 3 aromatic rings. The number of anilines is 1. The number of nitrogens with two attached hydrogens (primary N) is 1. The van der Waals surface area contributed by atoms with Gasteiger partial charge in [0.15, 0.2) is 0 Å². The molecule has 7 heteroatoms. The molecule has 5 nitrogen and oxygen atoms in total. The Morgan fingerprint density at radius 3 is 2.21 bits per heavy atom. The van der Waals surface area contributed by atoms with Crippen LogP contribution < -0.4 is 32.3 Å². The fraction of sp³-hybridized carbons (Fsp3) is 0.0476. The number of rotatable bonds is 6. The van der Waals surface area contributed by atoms with Gasteiger partial charge in [0.1, 0.15) is 0 Å². The Kier molecular flexibility index (Phi) is 6.42. The average Bonchev–Trinajstić information content (AvgIpc) is 2.74. The van der Waals surface area contributed by atoms with Crippen LogP contribution in [0.1, 0.15) is 5.56 Å². The fourth-order valence-electron chi connectivity index (χ4n) is 2.55. The monoisotopic (exact) mass is 594 g/mol. The molecule has 142 valence electrons. The van der Waals surface area contributed by atoms with E-state index in [9.17, 15) is 0 Å². The van der Waals surface area contributed by atoms with E-state index in [0.717, 1.165) is 15.2 Å². The molecule has 0 bridgehead atoms. The van der Waals surface area contributed by atoms with E-state index < -0.39 is 20.7 Å². The third-order valence-electron chi connectivity index (χ3n) is 3.87. The van der Waals surface area contributed by atoms with Crippen molar-refractivity contribution < 1.29 is 21.2 Å². The van der Waals surface area contributed by atoms with Gasteiger partial charge in [-0.2, -0.15) is 0 Å². The van der Waals surface area contributed by atoms with Crippen LogP contribution >= 0.6 is 20.7 Å². The summed E-state index contributed by atoms with van der Waals surface area (Å²) in [5.74, 6) is 0. The van der Waals surface area contributed by atoms with Crippen LogP contribution in [0.3, 0.4) is 0 Å². The molecule has 1 aliphatic heterocycles. The summed E-state index contributed by atoms with van der Waals surface area (Å²) in [6, 6.07) is 16.9. The SMILES string of the molecule is NC1=NC(CNc2ccc([I-]c3ccncc3)cc2)=CC(c2ccncc2)=I1. The molecule has 0 fully saturated rings. The first-order chi connectivity index (χ1) is 13.8.